The normalized spacial score (nSPS) is 16.0. The summed E-state index contributed by atoms with van der Waals surface area (Å²) in [5.74, 6) is 1.72. The SMILES string of the molecule is CCCc1occc1C(=O)N1CCN(Cc2cc(C)on2)CC1. The molecule has 1 saturated heterocycles. The van der Waals surface area contributed by atoms with E-state index in [1.807, 2.05) is 17.9 Å². The molecule has 1 amide bonds. The predicted octanol–water partition coefficient (Wildman–Crippen LogP) is 2.49. The van der Waals surface area contributed by atoms with Crippen molar-refractivity contribution in [3.05, 3.63) is 41.2 Å². The van der Waals surface area contributed by atoms with Crippen molar-refractivity contribution in [1.29, 1.82) is 0 Å². The molecule has 124 valence electrons. The van der Waals surface area contributed by atoms with Crippen molar-refractivity contribution >= 4 is 5.91 Å². The van der Waals surface area contributed by atoms with Gasteiger partial charge in [-0.2, -0.15) is 0 Å². The minimum Gasteiger partial charge on any atom is -0.469 e. The second-order valence-corrected chi connectivity index (χ2v) is 6.00. The van der Waals surface area contributed by atoms with Crippen LogP contribution in [0.4, 0.5) is 0 Å². The van der Waals surface area contributed by atoms with Crippen molar-refractivity contribution in [3.8, 4) is 0 Å². The van der Waals surface area contributed by atoms with Gasteiger partial charge >= 0.3 is 0 Å². The Bertz CT molecular complexity index is 654. The molecular weight excluding hydrogens is 294 g/mol. The van der Waals surface area contributed by atoms with E-state index in [4.69, 9.17) is 8.94 Å². The monoisotopic (exact) mass is 317 g/mol. The fraction of sp³-hybridized carbons (Fsp3) is 0.529. The molecule has 2 aromatic heterocycles. The number of hydrogen-bond acceptors (Lipinski definition) is 5. The molecule has 2 aromatic rings. The summed E-state index contributed by atoms with van der Waals surface area (Å²) >= 11 is 0. The van der Waals surface area contributed by atoms with Gasteiger partial charge in [-0.15, -0.1) is 0 Å². The third-order valence-electron chi connectivity index (χ3n) is 4.17. The Labute approximate surface area is 136 Å². The van der Waals surface area contributed by atoms with Crippen LogP contribution in [-0.2, 0) is 13.0 Å². The summed E-state index contributed by atoms with van der Waals surface area (Å²) in [6.45, 7) is 7.90. The minimum atomic E-state index is 0.0825. The van der Waals surface area contributed by atoms with Gasteiger partial charge in [0.1, 0.15) is 11.5 Å². The van der Waals surface area contributed by atoms with E-state index in [2.05, 4.69) is 17.0 Å². The largest absolute Gasteiger partial charge is 0.469 e. The highest BCUT2D eigenvalue weighted by molar-refractivity contribution is 5.95. The van der Waals surface area contributed by atoms with Gasteiger partial charge in [-0.1, -0.05) is 12.1 Å². The van der Waals surface area contributed by atoms with Crippen LogP contribution in [0, 0.1) is 6.92 Å². The Kier molecular flexibility index (Phi) is 4.81. The highest BCUT2D eigenvalue weighted by Crippen LogP contribution is 2.17. The maximum atomic E-state index is 12.6. The van der Waals surface area contributed by atoms with Gasteiger partial charge in [-0.05, 0) is 19.4 Å². The molecule has 3 rings (SSSR count). The Morgan fingerprint density at radius 2 is 2.09 bits per heavy atom. The second-order valence-electron chi connectivity index (χ2n) is 6.00. The van der Waals surface area contributed by atoms with Crippen LogP contribution in [-0.4, -0.2) is 47.0 Å². The zero-order valence-electron chi connectivity index (χ0n) is 13.7. The smallest absolute Gasteiger partial charge is 0.257 e. The summed E-state index contributed by atoms with van der Waals surface area (Å²) in [6.07, 6.45) is 3.39. The molecule has 0 aliphatic carbocycles. The third-order valence-corrected chi connectivity index (χ3v) is 4.17. The van der Waals surface area contributed by atoms with Gasteiger partial charge in [0, 0.05) is 45.2 Å². The molecule has 1 aliphatic rings. The number of carbonyl (C=O) groups is 1. The molecular formula is C17H23N3O3. The van der Waals surface area contributed by atoms with Gasteiger partial charge in [0.15, 0.2) is 0 Å². The lowest BCUT2D eigenvalue weighted by Crippen LogP contribution is -2.48. The van der Waals surface area contributed by atoms with Crippen molar-refractivity contribution in [1.82, 2.24) is 15.0 Å². The van der Waals surface area contributed by atoms with Crippen LogP contribution < -0.4 is 0 Å². The van der Waals surface area contributed by atoms with Crippen molar-refractivity contribution in [2.45, 2.75) is 33.2 Å². The maximum Gasteiger partial charge on any atom is 0.257 e. The van der Waals surface area contributed by atoms with Crippen molar-refractivity contribution < 1.29 is 13.7 Å². The van der Waals surface area contributed by atoms with Gasteiger partial charge in [0.25, 0.3) is 5.91 Å². The van der Waals surface area contributed by atoms with E-state index in [1.165, 1.54) is 0 Å². The second kappa shape index (κ2) is 7.00. The quantitative estimate of drug-likeness (QED) is 0.848. The molecule has 0 radical (unpaired) electrons. The first-order valence-corrected chi connectivity index (χ1v) is 8.17. The fourth-order valence-electron chi connectivity index (χ4n) is 2.95. The van der Waals surface area contributed by atoms with E-state index < -0.39 is 0 Å². The molecule has 0 spiro atoms. The summed E-state index contributed by atoms with van der Waals surface area (Å²) in [5.41, 5.74) is 1.66. The van der Waals surface area contributed by atoms with E-state index in [0.717, 1.165) is 62.8 Å². The summed E-state index contributed by atoms with van der Waals surface area (Å²) in [5, 5.41) is 4.03. The van der Waals surface area contributed by atoms with Crippen molar-refractivity contribution in [2.75, 3.05) is 26.2 Å². The number of aryl methyl sites for hydroxylation is 2. The molecule has 0 unspecified atom stereocenters. The Hall–Kier alpha value is -2.08. The van der Waals surface area contributed by atoms with Crippen LogP contribution in [0.3, 0.4) is 0 Å². The number of piperazine rings is 1. The highest BCUT2D eigenvalue weighted by Gasteiger charge is 2.25. The number of furan rings is 1. The summed E-state index contributed by atoms with van der Waals surface area (Å²) in [6, 6.07) is 3.75. The number of rotatable bonds is 5. The third kappa shape index (κ3) is 3.64. The van der Waals surface area contributed by atoms with E-state index in [0.29, 0.717) is 5.56 Å². The van der Waals surface area contributed by atoms with Crippen molar-refractivity contribution in [3.63, 3.8) is 0 Å². The molecule has 1 aliphatic heterocycles. The molecule has 6 nitrogen and oxygen atoms in total. The Morgan fingerprint density at radius 1 is 1.30 bits per heavy atom. The highest BCUT2D eigenvalue weighted by atomic mass is 16.5. The number of carbonyl (C=O) groups excluding carboxylic acids is 1. The molecule has 0 aromatic carbocycles. The van der Waals surface area contributed by atoms with Gasteiger partial charge in [0.05, 0.1) is 17.5 Å². The average Bonchev–Trinajstić information content (AvgIpc) is 3.17. The lowest BCUT2D eigenvalue weighted by molar-refractivity contribution is 0.0623. The van der Waals surface area contributed by atoms with Crippen LogP contribution in [0.15, 0.2) is 27.3 Å². The maximum absolute atomic E-state index is 12.6. The van der Waals surface area contributed by atoms with Crippen LogP contribution in [0.2, 0.25) is 0 Å². The van der Waals surface area contributed by atoms with Crippen LogP contribution in [0.1, 0.15) is 40.9 Å². The first-order valence-electron chi connectivity index (χ1n) is 8.17. The first-order chi connectivity index (χ1) is 11.2. The number of aromatic nitrogens is 1. The molecule has 3 heterocycles. The first kappa shape index (κ1) is 15.8. The molecule has 0 saturated carbocycles. The lowest BCUT2D eigenvalue weighted by atomic mass is 10.1. The summed E-state index contributed by atoms with van der Waals surface area (Å²) in [7, 11) is 0. The summed E-state index contributed by atoms with van der Waals surface area (Å²) in [4.78, 5) is 16.9. The van der Waals surface area contributed by atoms with Gasteiger partial charge in [-0.25, -0.2) is 0 Å². The molecule has 23 heavy (non-hydrogen) atoms. The minimum absolute atomic E-state index is 0.0825. The van der Waals surface area contributed by atoms with E-state index in [1.54, 1.807) is 12.3 Å². The standard InChI is InChI=1S/C17H23N3O3/c1-3-4-16-15(5-10-22-16)17(21)20-8-6-19(7-9-20)12-14-11-13(2)23-18-14/h5,10-11H,3-4,6-9,12H2,1-2H3. The van der Waals surface area contributed by atoms with Gasteiger partial charge in [0.2, 0.25) is 0 Å². The Balaban J connectivity index is 1.56. The van der Waals surface area contributed by atoms with E-state index >= 15 is 0 Å². The van der Waals surface area contributed by atoms with E-state index in [9.17, 15) is 4.79 Å². The van der Waals surface area contributed by atoms with Crippen molar-refractivity contribution in [2.24, 2.45) is 0 Å². The van der Waals surface area contributed by atoms with E-state index in [-0.39, 0.29) is 5.91 Å². The number of amides is 1. The topological polar surface area (TPSA) is 62.7 Å². The molecule has 0 atom stereocenters. The molecule has 1 fully saturated rings. The van der Waals surface area contributed by atoms with Crippen LogP contribution in [0.25, 0.3) is 0 Å². The van der Waals surface area contributed by atoms with Crippen LogP contribution in [0.5, 0.6) is 0 Å². The molecule has 0 N–H and O–H groups in total. The van der Waals surface area contributed by atoms with Gasteiger partial charge in [-0.3, -0.25) is 9.69 Å². The lowest BCUT2D eigenvalue weighted by Gasteiger charge is -2.34. The number of nitrogens with zero attached hydrogens (tertiary/aromatic N) is 3. The fourth-order valence-corrected chi connectivity index (χ4v) is 2.95. The molecule has 6 heteroatoms. The zero-order valence-corrected chi connectivity index (χ0v) is 13.7. The predicted molar refractivity (Wildman–Crippen MR) is 85.1 cm³/mol. The van der Waals surface area contributed by atoms with Crippen LogP contribution >= 0.6 is 0 Å². The Morgan fingerprint density at radius 3 is 2.74 bits per heavy atom. The molecule has 0 bridgehead atoms. The average molecular weight is 317 g/mol. The number of hydrogen-bond donors (Lipinski definition) is 0. The zero-order chi connectivity index (χ0) is 16.2. The van der Waals surface area contributed by atoms with Gasteiger partial charge < -0.3 is 13.8 Å². The summed E-state index contributed by atoms with van der Waals surface area (Å²) < 4.78 is 10.5.